The number of allylic oxidation sites excluding steroid dienone is 4. The van der Waals surface area contributed by atoms with Gasteiger partial charge in [-0.25, -0.2) is 12.2 Å². The molecule has 3 nitrogen and oxygen atoms in total. The van der Waals surface area contributed by atoms with Crippen LogP contribution in [0.3, 0.4) is 0 Å². The van der Waals surface area contributed by atoms with E-state index in [0.29, 0.717) is 0 Å². The van der Waals surface area contributed by atoms with E-state index in [0.717, 1.165) is 6.42 Å². The average Bonchev–Trinajstić information content (AvgIpc) is 2.68. The minimum atomic E-state index is -4.83. The topological polar surface area (TPSA) is 60.7 Å². The summed E-state index contributed by atoms with van der Waals surface area (Å²) in [5.41, 5.74) is 0. The summed E-state index contributed by atoms with van der Waals surface area (Å²) in [6, 6.07) is 0. The Morgan fingerprint density at radius 2 is 1.09 bits per heavy atom. The molecule has 0 spiro atoms. The minimum absolute atomic E-state index is 0. The van der Waals surface area contributed by atoms with Crippen LogP contribution in [0.15, 0.2) is 18.2 Å². The Morgan fingerprint density at radius 3 is 1.14 bits per heavy atom. The first kappa shape index (κ1) is 34.0. The van der Waals surface area contributed by atoms with Crippen molar-refractivity contribution in [1.29, 1.82) is 0 Å². The predicted octanol–water partition coefficient (Wildman–Crippen LogP) is 3.34. The van der Waals surface area contributed by atoms with E-state index in [1.165, 1.54) is 0 Å². The molecule has 0 saturated carbocycles. The summed E-state index contributed by atoms with van der Waals surface area (Å²) < 4.78 is 29.5. The molecule has 3 N–H and O–H groups in total. The van der Waals surface area contributed by atoms with Crippen LogP contribution in [0.25, 0.3) is 0 Å². The second-order valence-corrected chi connectivity index (χ2v) is 5.40. The molecule has 0 saturated heterocycles. The van der Waals surface area contributed by atoms with E-state index in [9.17, 15) is 10.5 Å². The first-order valence-corrected chi connectivity index (χ1v) is 8.90. The molecule has 0 bridgehead atoms. The maximum Gasteiger partial charge on any atom is 0 e. The summed E-state index contributed by atoms with van der Waals surface area (Å²) >= 11 is -4.83. The number of aliphatic hydroxyl groups excluding tert-OH is 3. The van der Waals surface area contributed by atoms with E-state index in [-0.39, 0.29) is 44.5 Å². The fourth-order valence-electron chi connectivity index (χ4n) is 0.340. The monoisotopic (exact) mass is 466 g/mol. The Morgan fingerprint density at radius 1 is 0.864 bits per heavy atom. The zero-order valence-corrected chi connectivity index (χ0v) is 18.7. The maximum atomic E-state index is 9.83. The van der Waals surface area contributed by atoms with Crippen molar-refractivity contribution in [2.45, 2.75) is 66.3 Å². The van der Waals surface area contributed by atoms with Crippen molar-refractivity contribution < 1.29 is 52.0 Å². The van der Waals surface area contributed by atoms with Gasteiger partial charge in [0.25, 0.3) is 0 Å². The van der Waals surface area contributed by atoms with E-state index < -0.39 is 15.7 Å². The third kappa shape index (κ3) is 254. The zero-order chi connectivity index (χ0) is 17.8. The molecule has 1 aliphatic rings. The fourth-order valence-corrected chi connectivity index (χ4v) is 0.340. The molecule has 133 valence electrons. The van der Waals surface area contributed by atoms with Crippen LogP contribution in [0.1, 0.15) is 48.0 Å². The molecule has 0 aromatic heterocycles. The first-order chi connectivity index (χ1) is 9.43. The largest absolute Gasteiger partial charge is 0 e. The minimum Gasteiger partial charge on any atom is 0 e. The van der Waals surface area contributed by atoms with Gasteiger partial charge in [0.15, 0.2) is 0 Å². The van der Waals surface area contributed by atoms with Gasteiger partial charge in [-0.2, -0.15) is 6.08 Å². The summed E-state index contributed by atoms with van der Waals surface area (Å²) in [5.74, 6) is 0. The molecule has 0 amide bonds. The first-order valence-electron chi connectivity index (χ1n) is 6.52. The predicted molar refractivity (Wildman–Crippen MR) is 82.7 cm³/mol. The Hall–Kier alpha value is 0.576. The van der Waals surface area contributed by atoms with Gasteiger partial charge in [0.2, 0.25) is 0 Å². The quantitative estimate of drug-likeness (QED) is 0.379. The van der Waals surface area contributed by atoms with Crippen molar-refractivity contribution >= 4 is 15.7 Å². The number of hydrogen-bond donors (Lipinski definition) is 3. The normalized spacial score (nSPS) is 10.5. The van der Waals surface area contributed by atoms with Crippen LogP contribution in [0.2, 0.25) is 0 Å². The van der Waals surface area contributed by atoms with Crippen LogP contribution >= 0.6 is 0 Å². The summed E-state index contributed by atoms with van der Waals surface area (Å²) in [4.78, 5) is 0. The van der Waals surface area contributed by atoms with E-state index in [4.69, 9.17) is 15.3 Å². The van der Waals surface area contributed by atoms with Gasteiger partial charge in [-0.3, -0.25) is 6.08 Å². The molecule has 0 aromatic carbocycles. The van der Waals surface area contributed by atoms with Crippen LogP contribution in [-0.2, 0) is 26.2 Å². The van der Waals surface area contributed by atoms with Gasteiger partial charge in [0.1, 0.15) is 0 Å². The SMILES string of the molecule is CC(C)O.CC(C)O.CC(C)O.[C-]1=CC=CC1.[F][Ge]([F])[F].[Zr]. The molecule has 0 unspecified atom stereocenters. The second kappa shape index (κ2) is 29.6. The van der Waals surface area contributed by atoms with Crippen molar-refractivity contribution in [3.8, 4) is 0 Å². The molecule has 1 aliphatic carbocycles. The van der Waals surface area contributed by atoms with E-state index in [1.807, 2.05) is 12.2 Å². The van der Waals surface area contributed by atoms with Gasteiger partial charge in [0, 0.05) is 44.5 Å². The molecule has 8 heteroatoms. The Labute approximate surface area is 158 Å². The van der Waals surface area contributed by atoms with E-state index in [2.05, 4.69) is 12.2 Å². The number of halogens is 3. The van der Waals surface area contributed by atoms with Gasteiger partial charge in [-0.1, -0.05) is 0 Å². The van der Waals surface area contributed by atoms with Crippen LogP contribution in [-0.4, -0.2) is 49.4 Å². The standard InChI is InChI=1S/C5H5.3C3H8O.F3Ge.Zr/c1-2-4-5-3-1;3*1-3(2)4;1-4(2)3;/h1-3H,4H2;3*3-4H,1-2H3;;/q-1;;;;;. The Kier molecular flexibility index (Phi) is 45.7. The van der Waals surface area contributed by atoms with Crippen LogP contribution in [0.5, 0.6) is 0 Å². The molecule has 0 aromatic rings. The van der Waals surface area contributed by atoms with Crippen molar-refractivity contribution in [3.05, 3.63) is 24.3 Å². The van der Waals surface area contributed by atoms with Gasteiger partial charge in [-0.05, 0) is 41.5 Å². The van der Waals surface area contributed by atoms with Crippen LogP contribution < -0.4 is 0 Å². The fraction of sp³-hybridized carbons (Fsp3) is 0.714. The van der Waals surface area contributed by atoms with Crippen molar-refractivity contribution in [1.82, 2.24) is 0 Å². The van der Waals surface area contributed by atoms with Gasteiger partial charge >= 0.3 is 26.2 Å². The molecule has 1 radical (unpaired) electrons. The molecule has 0 heterocycles. The second-order valence-electron chi connectivity index (χ2n) is 4.50. The molecule has 22 heavy (non-hydrogen) atoms. The van der Waals surface area contributed by atoms with E-state index in [1.54, 1.807) is 41.5 Å². The summed E-state index contributed by atoms with van der Waals surface area (Å²) in [7, 11) is 0. The third-order valence-corrected chi connectivity index (χ3v) is 0.586. The molecule has 1 rings (SSSR count). The van der Waals surface area contributed by atoms with Crippen molar-refractivity contribution in [2.24, 2.45) is 0 Å². The molecular weight excluding hydrogens is 437 g/mol. The molecule has 0 aliphatic heterocycles. The third-order valence-electron chi connectivity index (χ3n) is 0.586. The molecular formula is C14H29F3GeO3Zr-. The number of rotatable bonds is 0. The van der Waals surface area contributed by atoms with Gasteiger partial charge in [0.05, 0.1) is 0 Å². The van der Waals surface area contributed by atoms with Crippen LogP contribution in [0, 0.1) is 6.08 Å². The number of aliphatic hydroxyl groups is 3. The van der Waals surface area contributed by atoms with Gasteiger partial charge < -0.3 is 15.3 Å². The molecule has 0 atom stereocenters. The van der Waals surface area contributed by atoms with Crippen molar-refractivity contribution in [3.63, 3.8) is 0 Å². The summed E-state index contributed by atoms with van der Waals surface area (Å²) in [6.07, 6.45) is 9.50. The van der Waals surface area contributed by atoms with E-state index >= 15 is 0 Å². The van der Waals surface area contributed by atoms with Crippen molar-refractivity contribution in [2.75, 3.05) is 0 Å². The summed E-state index contributed by atoms with van der Waals surface area (Å²) in [6.45, 7) is 10.3. The Balaban J connectivity index is -0.0000000544. The zero-order valence-electron chi connectivity index (χ0n) is 14.1. The molecule has 0 fully saturated rings. The maximum absolute atomic E-state index is 9.83. The van der Waals surface area contributed by atoms with Gasteiger partial charge in [-0.15, -0.1) is 6.42 Å². The summed E-state index contributed by atoms with van der Waals surface area (Å²) in [5, 5.41) is 24.2. The Bertz CT molecular complexity index is 182. The van der Waals surface area contributed by atoms with Crippen LogP contribution in [0.4, 0.5) is 10.5 Å². The smallest absolute Gasteiger partial charge is 0 e. The number of hydrogen-bond acceptors (Lipinski definition) is 3. The average molecular weight is 466 g/mol.